The van der Waals surface area contributed by atoms with Crippen molar-refractivity contribution in [2.45, 2.75) is 12.4 Å². The Labute approximate surface area is 271 Å². The number of nitrogens with zero attached hydrogens (tertiary/aromatic N) is 8. The summed E-state index contributed by atoms with van der Waals surface area (Å²) < 4.78 is 144. The van der Waals surface area contributed by atoms with E-state index in [9.17, 15) is 66.7 Å². The van der Waals surface area contributed by atoms with Crippen LogP contribution in [0, 0.1) is 91.5 Å². The fraction of sp³-hybridized carbons (Fsp3) is 0.0625. The lowest BCUT2D eigenvalue weighted by molar-refractivity contribution is -0.142. The maximum absolute atomic E-state index is 17.0. The topological polar surface area (TPSA) is 169 Å². The third-order valence-corrected chi connectivity index (χ3v) is 7.30. The average Bonchev–Trinajstić information content (AvgIpc) is 3.58. The second-order valence-electron chi connectivity index (χ2n) is 9.92. The molecule has 0 radical (unpaired) electrons. The fourth-order valence-corrected chi connectivity index (χ4v) is 5.53. The maximum Gasteiger partial charge on any atom is 0.433 e. The lowest BCUT2D eigenvalue weighted by Crippen LogP contribution is -2.10. The quantitative estimate of drug-likeness (QED) is 0.151. The van der Waals surface area contributed by atoms with Gasteiger partial charge in [-0.25, -0.2) is 18.7 Å². The van der Waals surface area contributed by atoms with Crippen molar-refractivity contribution in [1.29, 1.82) is 31.6 Å². The smallest absolute Gasteiger partial charge is 0.215 e. The van der Waals surface area contributed by atoms with Crippen molar-refractivity contribution in [2.75, 3.05) is 0 Å². The molecular formula is C32H4F10N8. The number of alkyl halides is 6. The van der Waals surface area contributed by atoms with E-state index in [1.807, 2.05) is 0 Å². The minimum Gasteiger partial charge on any atom is -0.215 e. The predicted octanol–water partition coefficient (Wildman–Crippen LogP) is 7.57. The van der Waals surface area contributed by atoms with Crippen LogP contribution in [0.15, 0.2) is 35.4 Å². The number of fused-ring (bicyclic) bond motifs is 2. The molecule has 0 unspecified atom stereocenters. The third kappa shape index (κ3) is 5.06. The van der Waals surface area contributed by atoms with Crippen LogP contribution in [0.4, 0.5) is 43.9 Å². The molecule has 0 aliphatic heterocycles. The standard InChI is InChI=1S/C32H4F10N8/c33-19-3-11(1-17(49-19)31(37,38)39)21-15(9-47)25-27(23(21)13(5-43)6-44)30(36)28-24(14(7-45)8-46)22(16(10-48)26(28)29(25)35)12-2-18(32(40,41)42)50-20(34)4-12/h1-4H. The van der Waals surface area contributed by atoms with E-state index in [1.54, 1.807) is 0 Å². The summed E-state index contributed by atoms with van der Waals surface area (Å²) in [7, 11) is 0. The van der Waals surface area contributed by atoms with Crippen molar-refractivity contribution in [3.63, 3.8) is 0 Å². The van der Waals surface area contributed by atoms with Crippen LogP contribution in [0.5, 0.6) is 0 Å². The van der Waals surface area contributed by atoms with Gasteiger partial charge in [-0.1, -0.05) is 0 Å². The van der Waals surface area contributed by atoms with Crippen molar-refractivity contribution in [3.8, 4) is 36.4 Å². The van der Waals surface area contributed by atoms with Crippen molar-refractivity contribution >= 4 is 33.4 Å². The number of halogens is 10. The molecule has 18 heteroatoms. The molecule has 0 bridgehead atoms. The van der Waals surface area contributed by atoms with E-state index < -0.39 is 125 Å². The van der Waals surface area contributed by atoms with Gasteiger partial charge in [0, 0.05) is 56.7 Å². The first kappa shape index (κ1) is 34.1. The normalized spacial score (nSPS) is 13.4. The van der Waals surface area contributed by atoms with E-state index in [1.165, 1.54) is 36.4 Å². The first-order valence-corrected chi connectivity index (χ1v) is 12.9. The summed E-state index contributed by atoms with van der Waals surface area (Å²) in [6.07, 6.45) is -10.6. The Hall–Kier alpha value is -7.28. The van der Waals surface area contributed by atoms with E-state index in [0.29, 0.717) is 12.1 Å². The lowest BCUT2D eigenvalue weighted by atomic mass is 9.88. The number of benzene rings is 1. The average molecular weight is 690 g/mol. The van der Waals surface area contributed by atoms with Crippen LogP contribution in [-0.4, -0.2) is 9.97 Å². The first-order valence-electron chi connectivity index (χ1n) is 12.9. The molecule has 0 saturated heterocycles. The van der Waals surface area contributed by atoms with Gasteiger partial charge in [0.25, 0.3) is 0 Å². The summed E-state index contributed by atoms with van der Waals surface area (Å²) in [5.41, 5.74) is -19.0. The molecule has 2 aliphatic rings. The van der Waals surface area contributed by atoms with E-state index in [-0.39, 0.29) is 12.1 Å². The van der Waals surface area contributed by atoms with Crippen molar-refractivity contribution in [2.24, 2.45) is 0 Å². The summed E-state index contributed by atoms with van der Waals surface area (Å²) in [5.74, 6) is -7.25. The van der Waals surface area contributed by atoms with Crippen molar-refractivity contribution in [3.05, 3.63) is 104 Å². The zero-order valence-corrected chi connectivity index (χ0v) is 23.7. The lowest BCUT2D eigenvalue weighted by Gasteiger charge is -2.15. The number of nitriles is 6. The number of allylic oxidation sites excluding steroid dienone is 8. The predicted molar refractivity (Wildman–Crippen MR) is 146 cm³/mol. The largest absolute Gasteiger partial charge is 0.433 e. The molecular weight excluding hydrogens is 686 g/mol. The molecule has 5 rings (SSSR count). The SMILES string of the molecule is N#CC(C#N)=C1C(c2cc(F)nc(C(F)(F)F)c2)=C(C#N)c2c(F)c3c(c(F)c21)C(=C(C#N)C#N)C(c1cc(F)nc(C(F)(F)F)c1)=C3C#N. The molecule has 2 aliphatic carbocycles. The van der Waals surface area contributed by atoms with Gasteiger partial charge in [-0.2, -0.15) is 66.7 Å². The van der Waals surface area contributed by atoms with Gasteiger partial charge >= 0.3 is 12.4 Å². The molecule has 3 aromatic rings. The Bertz CT molecular complexity index is 2310. The summed E-state index contributed by atoms with van der Waals surface area (Å²) >= 11 is 0. The molecule has 1 aromatic carbocycles. The van der Waals surface area contributed by atoms with Crippen molar-refractivity contribution < 1.29 is 43.9 Å². The molecule has 0 fully saturated rings. The molecule has 50 heavy (non-hydrogen) atoms. The van der Waals surface area contributed by atoms with Gasteiger partial charge in [0.15, 0.2) is 0 Å². The number of hydrogen-bond donors (Lipinski definition) is 0. The Balaban J connectivity index is 2.04. The molecule has 8 nitrogen and oxygen atoms in total. The van der Waals surface area contributed by atoms with Crippen molar-refractivity contribution in [1.82, 2.24) is 9.97 Å². The van der Waals surface area contributed by atoms with Crippen LogP contribution >= 0.6 is 0 Å². The van der Waals surface area contributed by atoms with Gasteiger partial charge in [-0.15, -0.1) is 0 Å². The molecule has 0 atom stereocenters. The summed E-state index contributed by atoms with van der Waals surface area (Å²) in [5, 5.41) is 59.2. The van der Waals surface area contributed by atoms with Crippen LogP contribution in [0.25, 0.3) is 33.4 Å². The molecule has 2 heterocycles. The molecule has 0 N–H and O–H groups in total. The second kappa shape index (κ2) is 11.8. The third-order valence-electron chi connectivity index (χ3n) is 7.30. The van der Waals surface area contributed by atoms with E-state index in [4.69, 9.17) is 0 Å². The van der Waals surface area contributed by atoms with Gasteiger partial charge in [0.2, 0.25) is 11.9 Å². The minimum atomic E-state index is -5.32. The first-order chi connectivity index (χ1) is 23.5. The molecule has 0 spiro atoms. The van der Waals surface area contributed by atoms with Gasteiger partial charge in [0.1, 0.15) is 70.6 Å². The zero-order chi connectivity index (χ0) is 37.0. The molecule has 242 valence electrons. The summed E-state index contributed by atoms with van der Waals surface area (Å²) in [6.45, 7) is 0. The highest BCUT2D eigenvalue weighted by atomic mass is 19.4. The molecule has 2 aromatic heterocycles. The minimum absolute atomic E-state index is 0.154. The highest BCUT2D eigenvalue weighted by Crippen LogP contribution is 2.57. The Morgan fingerprint density at radius 1 is 0.500 bits per heavy atom. The van der Waals surface area contributed by atoms with Gasteiger partial charge < -0.3 is 0 Å². The summed E-state index contributed by atoms with van der Waals surface area (Å²) in [6, 6.07) is 8.94. The second-order valence-corrected chi connectivity index (χ2v) is 9.92. The fourth-order valence-electron chi connectivity index (χ4n) is 5.53. The molecule has 0 saturated carbocycles. The van der Waals surface area contributed by atoms with Crippen LogP contribution in [-0.2, 0) is 12.4 Å². The number of pyridine rings is 2. The number of aromatic nitrogens is 2. The van der Waals surface area contributed by atoms with E-state index in [2.05, 4.69) is 9.97 Å². The van der Waals surface area contributed by atoms with E-state index >= 15 is 8.78 Å². The van der Waals surface area contributed by atoms with Gasteiger partial charge in [0.05, 0.1) is 11.1 Å². The highest BCUT2D eigenvalue weighted by molar-refractivity contribution is 6.30. The van der Waals surface area contributed by atoms with Crippen LogP contribution in [0.2, 0.25) is 0 Å². The number of hydrogen-bond acceptors (Lipinski definition) is 8. The van der Waals surface area contributed by atoms with Crippen LogP contribution in [0.1, 0.15) is 44.8 Å². The Kier molecular flexibility index (Phi) is 8.01. The van der Waals surface area contributed by atoms with E-state index in [0.717, 1.165) is 0 Å². The van der Waals surface area contributed by atoms with Crippen LogP contribution in [0.3, 0.4) is 0 Å². The van der Waals surface area contributed by atoms with Crippen LogP contribution < -0.4 is 0 Å². The summed E-state index contributed by atoms with van der Waals surface area (Å²) in [4.78, 5) is 5.41. The maximum atomic E-state index is 17.0. The number of rotatable bonds is 2. The van der Waals surface area contributed by atoms with Gasteiger partial charge in [-0.3, -0.25) is 0 Å². The Morgan fingerprint density at radius 2 is 0.820 bits per heavy atom. The van der Waals surface area contributed by atoms with Gasteiger partial charge in [-0.05, 0) is 23.3 Å². The Morgan fingerprint density at radius 3 is 1.10 bits per heavy atom. The zero-order valence-electron chi connectivity index (χ0n) is 23.7. The molecule has 0 amide bonds. The highest BCUT2D eigenvalue weighted by Gasteiger charge is 2.45. The monoisotopic (exact) mass is 690 g/mol.